The van der Waals surface area contributed by atoms with Crippen LogP contribution in [0.3, 0.4) is 0 Å². The predicted molar refractivity (Wildman–Crippen MR) is 134 cm³/mol. The van der Waals surface area contributed by atoms with Gasteiger partial charge >= 0.3 is 0 Å². The number of nitrogens with one attached hydrogen (secondary N) is 2. The summed E-state index contributed by atoms with van der Waals surface area (Å²) in [5, 5.41) is 3.82. The third kappa shape index (κ3) is 5.02. The monoisotopic (exact) mass is 497 g/mol. The van der Waals surface area contributed by atoms with Crippen molar-refractivity contribution in [1.82, 2.24) is 25.2 Å². The van der Waals surface area contributed by atoms with Gasteiger partial charge < -0.3 is 15.2 Å². The standard InChI is InChI=1S/C24H27N5O3S2/c30-20(29-10-6-16(7-11-29)26-22(31)15-3-2-9-25-13-15)8-12-33-14-19-27-23(32)21-17-4-1-5-18(17)34-24(21)28-19/h2-3,9,13,16H,1,4-8,10-12,14H2,(H,26,31)(H,27,28,32). The maximum absolute atomic E-state index is 12.6. The quantitative estimate of drug-likeness (QED) is 0.486. The van der Waals surface area contributed by atoms with E-state index in [4.69, 9.17) is 0 Å². The molecule has 0 atom stereocenters. The average molecular weight is 498 g/mol. The van der Waals surface area contributed by atoms with Crippen LogP contribution >= 0.6 is 23.1 Å². The fourth-order valence-electron chi connectivity index (χ4n) is 4.64. The molecule has 1 aliphatic carbocycles. The summed E-state index contributed by atoms with van der Waals surface area (Å²) >= 11 is 3.26. The number of carbonyl (C=O) groups excluding carboxylic acids is 2. The number of pyridine rings is 1. The lowest BCUT2D eigenvalue weighted by Crippen LogP contribution is -2.46. The smallest absolute Gasteiger partial charge is 0.259 e. The van der Waals surface area contributed by atoms with Gasteiger partial charge in [-0.3, -0.25) is 19.4 Å². The molecule has 0 bridgehead atoms. The van der Waals surface area contributed by atoms with Crippen LogP contribution < -0.4 is 10.9 Å². The van der Waals surface area contributed by atoms with Gasteiger partial charge in [-0.2, -0.15) is 11.8 Å². The van der Waals surface area contributed by atoms with E-state index in [1.807, 2.05) is 4.90 Å². The number of aromatic amines is 1. The number of likely N-dealkylation sites (tertiary alicyclic amines) is 1. The molecule has 0 unspecified atom stereocenters. The number of aryl methyl sites for hydroxylation is 2. The Morgan fingerprint density at radius 3 is 2.91 bits per heavy atom. The van der Waals surface area contributed by atoms with E-state index in [0.29, 0.717) is 42.4 Å². The van der Waals surface area contributed by atoms with Crippen LogP contribution in [-0.4, -0.2) is 56.6 Å². The summed E-state index contributed by atoms with van der Waals surface area (Å²) in [5.41, 5.74) is 1.71. The highest BCUT2D eigenvalue weighted by Gasteiger charge is 2.24. The summed E-state index contributed by atoms with van der Waals surface area (Å²) in [6.45, 7) is 1.30. The summed E-state index contributed by atoms with van der Waals surface area (Å²) in [6.07, 6.45) is 8.31. The van der Waals surface area contributed by atoms with Gasteiger partial charge in [-0.25, -0.2) is 4.98 Å². The van der Waals surface area contributed by atoms with Crippen LogP contribution in [0.4, 0.5) is 0 Å². The molecular weight excluding hydrogens is 470 g/mol. The van der Waals surface area contributed by atoms with E-state index in [2.05, 4.69) is 20.3 Å². The SMILES string of the molecule is O=C(NC1CCN(C(=O)CCSCc2nc3sc4c(c3c(=O)[nH]2)CCC4)CC1)c1cccnc1. The van der Waals surface area contributed by atoms with Gasteiger partial charge in [0.25, 0.3) is 11.5 Å². The normalized spacial score (nSPS) is 16.1. The number of thioether (sulfide) groups is 1. The minimum atomic E-state index is -0.119. The maximum Gasteiger partial charge on any atom is 0.259 e. The molecular formula is C24H27N5O3S2. The Balaban J connectivity index is 1.05. The van der Waals surface area contributed by atoms with Crippen molar-refractivity contribution in [3.05, 3.63) is 56.7 Å². The summed E-state index contributed by atoms with van der Waals surface area (Å²) in [7, 11) is 0. The number of carbonyl (C=O) groups is 2. The number of nitrogens with zero attached hydrogens (tertiary/aromatic N) is 3. The highest BCUT2D eigenvalue weighted by molar-refractivity contribution is 7.98. The van der Waals surface area contributed by atoms with Gasteiger partial charge in [0.05, 0.1) is 16.7 Å². The Morgan fingerprint density at radius 1 is 1.26 bits per heavy atom. The van der Waals surface area contributed by atoms with Crippen molar-refractivity contribution in [2.24, 2.45) is 0 Å². The Bertz CT molecular complexity index is 1250. The molecule has 1 aliphatic heterocycles. The van der Waals surface area contributed by atoms with Crippen molar-refractivity contribution in [1.29, 1.82) is 0 Å². The van der Waals surface area contributed by atoms with E-state index in [9.17, 15) is 14.4 Å². The summed E-state index contributed by atoms with van der Waals surface area (Å²) in [5.74, 6) is 1.96. The molecule has 2 amide bonds. The molecule has 34 heavy (non-hydrogen) atoms. The second kappa shape index (κ2) is 10.3. The van der Waals surface area contributed by atoms with Crippen molar-refractivity contribution >= 4 is 45.1 Å². The minimum absolute atomic E-state index is 0.0328. The van der Waals surface area contributed by atoms with Gasteiger partial charge in [0.1, 0.15) is 10.7 Å². The van der Waals surface area contributed by atoms with Crippen LogP contribution in [0.1, 0.15) is 52.3 Å². The van der Waals surface area contributed by atoms with Gasteiger partial charge in [-0.05, 0) is 49.8 Å². The maximum atomic E-state index is 12.6. The molecule has 10 heteroatoms. The Labute approximate surface area is 205 Å². The third-order valence-corrected chi connectivity index (χ3v) is 8.59. The zero-order valence-electron chi connectivity index (χ0n) is 18.8. The van der Waals surface area contributed by atoms with E-state index in [-0.39, 0.29) is 23.4 Å². The van der Waals surface area contributed by atoms with Crippen molar-refractivity contribution in [2.75, 3.05) is 18.8 Å². The van der Waals surface area contributed by atoms with Gasteiger partial charge in [0.2, 0.25) is 5.91 Å². The number of hydrogen-bond donors (Lipinski definition) is 2. The highest BCUT2D eigenvalue weighted by Crippen LogP contribution is 2.34. The Hall–Kier alpha value is -2.72. The van der Waals surface area contributed by atoms with Crippen LogP contribution in [0.15, 0.2) is 29.3 Å². The number of H-pyrrole nitrogens is 1. The molecule has 3 aromatic heterocycles. The molecule has 1 saturated heterocycles. The molecule has 3 aromatic rings. The Morgan fingerprint density at radius 2 is 2.12 bits per heavy atom. The zero-order valence-corrected chi connectivity index (χ0v) is 20.5. The molecule has 0 aromatic carbocycles. The summed E-state index contributed by atoms with van der Waals surface area (Å²) in [6, 6.07) is 3.56. The van der Waals surface area contributed by atoms with E-state index < -0.39 is 0 Å². The first-order chi connectivity index (χ1) is 16.6. The fraction of sp³-hybridized carbons (Fsp3) is 0.458. The van der Waals surface area contributed by atoms with E-state index in [1.165, 1.54) is 10.4 Å². The van der Waals surface area contributed by atoms with Crippen LogP contribution in [0.5, 0.6) is 0 Å². The first kappa shape index (κ1) is 23.0. The number of fused-ring (bicyclic) bond motifs is 3. The molecule has 0 radical (unpaired) electrons. The van der Waals surface area contributed by atoms with Gasteiger partial charge in [0, 0.05) is 48.6 Å². The lowest BCUT2D eigenvalue weighted by atomic mass is 10.0. The molecule has 0 saturated carbocycles. The average Bonchev–Trinajstić information content (AvgIpc) is 3.44. The number of thiophene rings is 1. The molecule has 0 spiro atoms. The molecule has 5 rings (SSSR count). The molecule has 8 nitrogen and oxygen atoms in total. The highest BCUT2D eigenvalue weighted by atomic mass is 32.2. The minimum Gasteiger partial charge on any atom is -0.349 e. The molecule has 2 N–H and O–H groups in total. The lowest BCUT2D eigenvalue weighted by Gasteiger charge is -2.32. The van der Waals surface area contributed by atoms with Gasteiger partial charge in [0.15, 0.2) is 0 Å². The van der Waals surface area contributed by atoms with E-state index >= 15 is 0 Å². The van der Waals surface area contributed by atoms with Crippen LogP contribution in [-0.2, 0) is 23.4 Å². The number of rotatable bonds is 7. The van der Waals surface area contributed by atoms with Crippen LogP contribution in [0.25, 0.3) is 10.2 Å². The third-order valence-electron chi connectivity index (χ3n) is 6.43. The largest absolute Gasteiger partial charge is 0.349 e. The summed E-state index contributed by atoms with van der Waals surface area (Å²) < 4.78 is 0. The lowest BCUT2D eigenvalue weighted by molar-refractivity contribution is -0.131. The predicted octanol–water partition coefficient (Wildman–Crippen LogP) is 2.91. The van der Waals surface area contributed by atoms with Crippen LogP contribution in [0.2, 0.25) is 0 Å². The van der Waals surface area contributed by atoms with Crippen molar-refractivity contribution in [2.45, 2.75) is 50.3 Å². The first-order valence-electron chi connectivity index (χ1n) is 11.7. The second-order valence-electron chi connectivity index (χ2n) is 8.72. The molecule has 178 valence electrons. The number of hydrogen-bond acceptors (Lipinski definition) is 7. The topological polar surface area (TPSA) is 108 Å². The van der Waals surface area contributed by atoms with Crippen molar-refractivity contribution in [3.8, 4) is 0 Å². The fourth-order valence-corrected chi connectivity index (χ4v) is 6.71. The zero-order chi connectivity index (χ0) is 23.5. The van der Waals surface area contributed by atoms with Gasteiger partial charge in [-0.1, -0.05) is 0 Å². The van der Waals surface area contributed by atoms with Crippen molar-refractivity contribution in [3.63, 3.8) is 0 Å². The molecule has 4 heterocycles. The van der Waals surface area contributed by atoms with Crippen molar-refractivity contribution < 1.29 is 9.59 Å². The summed E-state index contributed by atoms with van der Waals surface area (Å²) in [4.78, 5) is 53.1. The Kier molecular flexibility index (Phi) is 6.96. The number of piperidine rings is 1. The second-order valence-corrected chi connectivity index (χ2v) is 10.9. The van der Waals surface area contributed by atoms with E-state index in [0.717, 1.165) is 42.3 Å². The van der Waals surface area contributed by atoms with E-state index in [1.54, 1.807) is 47.6 Å². The molecule has 2 aliphatic rings. The van der Waals surface area contributed by atoms with Crippen LogP contribution in [0, 0.1) is 0 Å². The first-order valence-corrected chi connectivity index (χ1v) is 13.7. The number of amides is 2. The number of aromatic nitrogens is 3. The molecule has 1 fully saturated rings. The van der Waals surface area contributed by atoms with Gasteiger partial charge in [-0.15, -0.1) is 11.3 Å².